The maximum atomic E-state index is 12.7. The van der Waals surface area contributed by atoms with E-state index < -0.39 is 5.91 Å². The minimum atomic E-state index is -0.395. The Kier molecular flexibility index (Phi) is 4.81. The zero-order chi connectivity index (χ0) is 17.3. The summed E-state index contributed by atoms with van der Waals surface area (Å²) in [6.07, 6.45) is 0. The summed E-state index contributed by atoms with van der Waals surface area (Å²) in [4.78, 5) is 12.7. The molecule has 24 heavy (non-hydrogen) atoms. The fourth-order valence-corrected chi connectivity index (χ4v) is 2.83. The molecule has 4 nitrogen and oxygen atoms in total. The third-order valence-electron chi connectivity index (χ3n) is 3.40. The van der Waals surface area contributed by atoms with Crippen LogP contribution >= 0.6 is 34.8 Å². The predicted molar refractivity (Wildman–Crippen MR) is 96.1 cm³/mol. The van der Waals surface area contributed by atoms with Crippen LogP contribution in [-0.2, 0) is 0 Å². The van der Waals surface area contributed by atoms with Crippen LogP contribution < -0.4 is 5.32 Å². The summed E-state index contributed by atoms with van der Waals surface area (Å²) < 4.78 is 5.19. The van der Waals surface area contributed by atoms with Crippen LogP contribution in [-0.4, -0.2) is 11.1 Å². The van der Waals surface area contributed by atoms with Gasteiger partial charge in [0.05, 0.1) is 20.8 Å². The SMILES string of the molecule is Cc1onc(-c2ccccc2)c1C(=O)Nc1cc(Cl)c(Cl)cc1Cl. The number of benzene rings is 2. The molecule has 7 heteroatoms. The molecule has 3 rings (SSSR count). The molecule has 1 aromatic heterocycles. The standard InChI is InChI=1S/C17H11Cl3N2O2/c1-9-15(16(22-24-9)10-5-3-2-4-6-10)17(23)21-14-8-12(19)11(18)7-13(14)20/h2-8H,1H3,(H,21,23). The first kappa shape index (κ1) is 16.8. The summed E-state index contributed by atoms with van der Waals surface area (Å²) in [5, 5.41) is 7.59. The molecule has 0 aliphatic carbocycles. The second-order valence-electron chi connectivity index (χ2n) is 5.03. The molecule has 1 heterocycles. The highest BCUT2D eigenvalue weighted by atomic mass is 35.5. The third-order valence-corrected chi connectivity index (χ3v) is 4.43. The van der Waals surface area contributed by atoms with Gasteiger partial charge in [-0.3, -0.25) is 4.79 Å². The summed E-state index contributed by atoms with van der Waals surface area (Å²) >= 11 is 18.0. The normalized spacial score (nSPS) is 10.7. The molecule has 0 fully saturated rings. The number of aryl methyl sites for hydroxylation is 1. The van der Waals surface area contributed by atoms with Crippen molar-refractivity contribution in [1.82, 2.24) is 5.16 Å². The second-order valence-corrected chi connectivity index (χ2v) is 6.25. The van der Waals surface area contributed by atoms with Crippen molar-refractivity contribution in [3.05, 3.63) is 68.9 Å². The molecule has 0 aliphatic rings. The molecule has 1 N–H and O–H groups in total. The molecular weight excluding hydrogens is 371 g/mol. The number of carbonyl (C=O) groups is 1. The Morgan fingerprint density at radius 2 is 1.71 bits per heavy atom. The average Bonchev–Trinajstić information content (AvgIpc) is 2.95. The number of aromatic nitrogens is 1. The van der Waals surface area contributed by atoms with Gasteiger partial charge in [-0.1, -0.05) is 70.3 Å². The first-order chi connectivity index (χ1) is 11.5. The van der Waals surface area contributed by atoms with Gasteiger partial charge in [0, 0.05) is 5.56 Å². The number of hydrogen-bond acceptors (Lipinski definition) is 3. The topological polar surface area (TPSA) is 55.1 Å². The van der Waals surface area contributed by atoms with Crippen LogP contribution in [0, 0.1) is 6.92 Å². The van der Waals surface area contributed by atoms with E-state index in [-0.39, 0.29) is 5.02 Å². The molecule has 0 bridgehead atoms. The van der Waals surface area contributed by atoms with Gasteiger partial charge in [0.1, 0.15) is 17.0 Å². The lowest BCUT2D eigenvalue weighted by Gasteiger charge is -2.09. The van der Waals surface area contributed by atoms with Crippen LogP contribution in [0.1, 0.15) is 16.1 Å². The number of anilines is 1. The fraction of sp³-hybridized carbons (Fsp3) is 0.0588. The fourth-order valence-electron chi connectivity index (χ4n) is 2.24. The number of carbonyl (C=O) groups excluding carboxylic acids is 1. The minimum absolute atomic E-state index is 0.285. The molecule has 122 valence electrons. The van der Waals surface area contributed by atoms with Crippen LogP contribution in [0.3, 0.4) is 0 Å². The van der Waals surface area contributed by atoms with Crippen LogP contribution in [0.2, 0.25) is 15.1 Å². The van der Waals surface area contributed by atoms with E-state index in [2.05, 4.69) is 10.5 Å². The minimum Gasteiger partial charge on any atom is -0.360 e. The van der Waals surface area contributed by atoms with Gasteiger partial charge in [0.2, 0.25) is 0 Å². The largest absolute Gasteiger partial charge is 0.360 e. The highest BCUT2D eigenvalue weighted by Gasteiger charge is 2.22. The highest BCUT2D eigenvalue weighted by Crippen LogP contribution is 2.33. The number of amides is 1. The van der Waals surface area contributed by atoms with Gasteiger partial charge < -0.3 is 9.84 Å². The van der Waals surface area contributed by atoms with Crippen molar-refractivity contribution in [3.63, 3.8) is 0 Å². The lowest BCUT2D eigenvalue weighted by molar-refractivity contribution is 0.102. The Morgan fingerprint density at radius 1 is 1.04 bits per heavy atom. The Labute approximate surface area is 153 Å². The lowest BCUT2D eigenvalue weighted by Crippen LogP contribution is -2.14. The van der Waals surface area contributed by atoms with Gasteiger partial charge in [-0.2, -0.15) is 0 Å². The Balaban J connectivity index is 1.97. The van der Waals surface area contributed by atoms with E-state index in [0.717, 1.165) is 5.56 Å². The molecular formula is C17H11Cl3N2O2. The van der Waals surface area contributed by atoms with Gasteiger partial charge >= 0.3 is 0 Å². The molecule has 0 saturated carbocycles. The number of halogens is 3. The molecule has 0 saturated heterocycles. The lowest BCUT2D eigenvalue weighted by atomic mass is 10.1. The van der Waals surface area contributed by atoms with Crippen LogP contribution in [0.25, 0.3) is 11.3 Å². The number of nitrogens with zero attached hydrogens (tertiary/aromatic N) is 1. The van der Waals surface area contributed by atoms with Crippen molar-refractivity contribution in [1.29, 1.82) is 0 Å². The summed E-state index contributed by atoms with van der Waals surface area (Å²) in [5.41, 5.74) is 1.93. The first-order valence-corrected chi connectivity index (χ1v) is 8.08. The highest BCUT2D eigenvalue weighted by molar-refractivity contribution is 6.44. The van der Waals surface area contributed by atoms with Gasteiger partial charge in [-0.15, -0.1) is 0 Å². The van der Waals surface area contributed by atoms with E-state index in [1.807, 2.05) is 30.3 Å². The maximum Gasteiger partial charge on any atom is 0.261 e. The maximum absolute atomic E-state index is 12.7. The van der Waals surface area contributed by atoms with Gasteiger partial charge in [-0.25, -0.2) is 0 Å². The van der Waals surface area contributed by atoms with E-state index >= 15 is 0 Å². The zero-order valence-electron chi connectivity index (χ0n) is 12.4. The second kappa shape index (κ2) is 6.85. The molecule has 0 unspecified atom stereocenters. The molecule has 0 atom stereocenters. The van der Waals surface area contributed by atoms with Gasteiger partial charge in [0.25, 0.3) is 5.91 Å². The number of hydrogen-bond donors (Lipinski definition) is 1. The summed E-state index contributed by atoms with van der Waals surface area (Å²) in [5.74, 6) is 0.00966. The van der Waals surface area contributed by atoms with E-state index in [1.165, 1.54) is 12.1 Å². The molecule has 2 aromatic carbocycles. The molecule has 1 amide bonds. The summed E-state index contributed by atoms with van der Waals surface area (Å²) in [6.45, 7) is 1.67. The quantitative estimate of drug-likeness (QED) is 0.578. The van der Waals surface area contributed by atoms with Crippen molar-refractivity contribution in [2.24, 2.45) is 0 Å². The van der Waals surface area contributed by atoms with Crippen molar-refractivity contribution in [2.75, 3.05) is 5.32 Å². The molecule has 3 aromatic rings. The molecule has 0 radical (unpaired) electrons. The van der Waals surface area contributed by atoms with Gasteiger partial charge in [-0.05, 0) is 19.1 Å². The summed E-state index contributed by atoms with van der Waals surface area (Å²) in [6, 6.07) is 12.3. The number of rotatable bonds is 3. The van der Waals surface area contributed by atoms with Crippen LogP contribution in [0.5, 0.6) is 0 Å². The van der Waals surface area contributed by atoms with Crippen molar-refractivity contribution >= 4 is 46.4 Å². The summed E-state index contributed by atoms with van der Waals surface area (Å²) in [7, 11) is 0. The zero-order valence-corrected chi connectivity index (χ0v) is 14.7. The Hall–Kier alpha value is -2.01. The molecule has 0 spiro atoms. The van der Waals surface area contributed by atoms with E-state index in [4.69, 9.17) is 39.3 Å². The third kappa shape index (κ3) is 3.26. The predicted octanol–water partition coefficient (Wildman–Crippen LogP) is 5.86. The van der Waals surface area contributed by atoms with Crippen molar-refractivity contribution < 1.29 is 9.32 Å². The molecule has 0 aliphatic heterocycles. The Morgan fingerprint density at radius 3 is 2.42 bits per heavy atom. The number of nitrogens with one attached hydrogen (secondary N) is 1. The van der Waals surface area contributed by atoms with Crippen LogP contribution in [0.4, 0.5) is 5.69 Å². The van der Waals surface area contributed by atoms with Crippen LogP contribution in [0.15, 0.2) is 47.0 Å². The smallest absolute Gasteiger partial charge is 0.261 e. The van der Waals surface area contributed by atoms with E-state index in [1.54, 1.807) is 6.92 Å². The Bertz CT molecular complexity index is 908. The van der Waals surface area contributed by atoms with Crippen molar-refractivity contribution in [3.8, 4) is 11.3 Å². The monoisotopic (exact) mass is 380 g/mol. The van der Waals surface area contributed by atoms with Crippen molar-refractivity contribution in [2.45, 2.75) is 6.92 Å². The first-order valence-electron chi connectivity index (χ1n) is 6.95. The van der Waals surface area contributed by atoms with E-state index in [9.17, 15) is 4.79 Å². The average molecular weight is 382 g/mol. The van der Waals surface area contributed by atoms with Gasteiger partial charge in [0.15, 0.2) is 0 Å². The van der Waals surface area contributed by atoms with E-state index in [0.29, 0.717) is 32.8 Å².